The molecule has 3 aromatic carbocycles. The summed E-state index contributed by atoms with van der Waals surface area (Å²) in [6.45, 7) is 21.7. The summed E-state index contributed by atoms with van der Waals surface area (Å²) in [5.74, 6) is -0.967. The number of carbonyl (C=O) groups excluding carboxylic acids is 5. The predicted octanol–water partition coefficient (Wildman–Crippen LogP) is 9.79. The first kappa shape index (κ1) is 57.1. The summed E-state index contributed by atoms with van der Waals surface area (Å²) in [6.07, 6.45) is 0.0835. The predicted molar refractivity (Wildman–Crippen MR) is 286 cm³/mol. The minimum atomic E-state index is -1.03. The maximum atomic E-state index is 14.5. The minimum absolute atomic E-state index is 0.0483. The molecule has 18 heteroatoms. The molecule has 1 saturated heterocycles. The number of benzene rings is 3. The average Bonchev–Trinajstić information content (AvgIpc) is 3.97. The molecule has 398 valence electrons. The first-order valence-electron chi connectivity index (χ1n) is 25.3. The molecule has 4 amide bonds. The quantitative estimate of drug-likeness (QED) is 0.0454. The number of nitrogens with one attached hydrogen (secondary N) is 4. The van der Waals surface area contributed by atoms with E-state index in [-0.39, 0.29) is 48.5 Å². The van der Waals surface area contributed by atoms with E-state index >= 15 is 0 Å². The molecular formula is C56H72ClN7O9S. The normalized spacial score (nSPS) is 19.5. The largest absolute Gasteiger partial charge is 0.508 e. The highest BCUT2D eigenvalue weighted by molar-refractivity contribution is 7.13. The lowest BCUT2D eigenvalue weighted by molar-refractivity contribution is -0.164. The monoisotopic (exact) mass is 1050 g/mol. The minimum Gasteiger partial charge on any atom is -0.489 e. The van der Waals surface area contributed by atoms with Crippen LogP contribution in [0.1, 0.15) is 128 Å². The molecule has 4 atom stereocenters. The Bertz CT molecular complexity index is 2640. The molecule has 16 nitrogen and oxygen atoms in total. The van der Waals surface area contributed by atoms with Gasteiger partial charge in [0.2, 0.25) is 17.7 Å². The Morgan fingerprint density at radius 3 is 2.23 bits per heavy atom. The standard InChI is InChI=1S/C56H72ClN7O9S/c1-33(2)71-53(69)73-42-28-44(49(67)61-34(3)36-15-17-37(18-16-36)46-35(4)60-32-74-46)64(30-42)50(68)47(54(5,6)7)62-45(65)31-70-26-14-12-13-25-59-40-22-19-38(20-23-40)48(66)63-51-55(8,9)52(56(51,10)11)72-41-24-21-39(29-58)43(57)27-41/h15-24,27,32-34,42,44,47,51-52,59H,12-14,25-26,28,30-31H2,1-11H3,(H,61,67)(H,62,65)(H,63,66)/t34-,42?,44?,47?,51?,52?/m0/s1. The highest BCUT2D eigenvalue weighted by Gasteiger charge is 2.64. The van der Waals surface area contributed by atoms with Gasteiger partial charge in [-0.25, -0.2) is 9.78 Å². The number of aryl methyl sites for hydroxylation is 1. The molecule has 6 rings (SSSR count). The molecule has 0 bridgehead atoms. The van der Waals surface area contributed by atoms with Gasteiger partial charge in [-0.3, -0.25) is 19.2 Å². The smallest absolute Gasteiger partial charge is 0.489 e. The number of hydrogen-bond acceptors (Lipinski definition) is 13. The maximum absolute atomic E-state index is 14.5. The van der Waals surface area contributed by atoms with Gasteiger partial charge in [0.05, 0.1) is 45.4 Å². The van der Waals surface area contributed by atoms with E-state index in [4.69, 9.17) is 30.5 Å². The SMILES string of the molecule is Cc1ncsc1-c1ccc([C@H](C)NC(=O)C2CC(OC(=O)OC(C)C)CN2C(=O)C(NC(=O)COCCCCCNc2ccc(C(=O)NC3C(C)(C)C(Oc4ccc(C#N)c(Cl)c4)C3(C)C)cc2)C(C)(C)C)cc1. The number of anilines is 1. The van der Waals surface area contributed by atoms with Crippen molar-refractivity contribution in [2.75, 3.05) is 31.6 Å². The van der Waals surface area contributed by atoms with Crippen LogP contribution in [0.3, 0.4) is 0 Å². The summed E-state index contributed by atoms with van der Waals surface area (Å²) < 4.78 is 22.9. The number of amides is 4. The van der Waals surface area contributed by atoms with E-state index in [0.29, 0.717) is 41.5 Å². The van der Waals surface area contributed by atoms with Crippen LogP contribution in [0.4, 0.5) is 10.5 Å². The molecule has 1 aromatic heterocycles. The van der Waals surface area contributed by atoms with Gasteiger partial charge in [0.25, 0.3) is 5.91 Å². The van der Waals surface area contributed by atoms with Gasteiger partial charge in [0.15, 0.2) is 0 Å². The van der Waals surface area contributed by atoms with E-state index in [1.807, 2.05) is 71.0 Å². The average molecular weight is 1050 g/mol. The van der Waals surface area contributed by atoms with Gasteiger partial charge in [-0.15, -0.1) is 11.3 Å². The number of nitrogens with zero attached hydrogens (tertiary/aromatic N) is 3. The molecule has 74 heavy (non-hydrogen) atoms. The zero-order valence-electron chi connectivity index (χ0n) is 44.4. The molecule has 2 aliphatic rings. The molecule has 1 aliphatic heterocycles. The number of rotatable bonds is 21. The van der Waals surface area contributed by atoms with Gasteiger partial charge in [-0.1, -0.05) is 84.3 Å². The third-order valence-corrected chi connectivity index (χ3v) is 15.0. The fraction of sp³-hybridized carbons (Fsp3) is 0.518. The number of nitriles is 1. The van der Waals surface area contributed by atoms with Crippen molar-refractivity contribution in [3.8, 4) is 22.3 Å². The second-order valence-electron chi connectivity index (χ2n) is 21.8. The molecule has 3 unspecified atom stereocenters. The van der Waals surface area contributed by atoms with E-state index in [0.717, 1.165) is 40.2 Å². The third-order valence-electron chi connectivity index (χ3n) is 13.7. The molecule has 4 aromatic rings. The number of carbonyl (C=O) groups is 5. The number of hydrogen-bond donors (Lipinski definition) is 4. The van der Waals surface area contributed by atoms with Crippen LogP contribution < -0.4 is 26.0 Å². The molecule has 0 radical (unpaired) electrons. The van der Waals surface area contributed by atoms with Crippen molar-refractivity contribution in [1.82, 2.24) is 25.8 Å². The lowest BCUT2D eigenvalue weighted by atomic mass is 9.49. The molecule has 2 heterocycles. The topological polar surface area (TPSA) is 210 Å². The van der Waals surface area contributed by atoms with Crippen LogP contribution in [-0.4, -0.2) is 102 Å². The summed E-state index contributed by atoms with van der Waals surface area (Å²) >= 11 is 7.81. The van der Waals surface area contributed by atoms with Crippen molar-refractivity contribution in [2.45, 2.75) is 144 Å². The number of ether oxygens (including phenoxy) is 4. The van der Waals surface area contributed by atoms with E-state index < -0.39 is 59.6 Å². The Labute approximate surface area is 444 Å². The van der Waals surface area contributed by atoms with Crippen molar-refractivity contribution in [2.24, 2.45) is 16.2 Å². The molecule has 2 fully saturated rings. The summed E-state index contributed by atoms with van der Waals surface area (Å²) in [7, 11) is 0. The Kier molecular flexibility index (Phi) is 18.8. The van der Waals surface area contributed by atoms with Crippen LogP contribution in [-0.2, 0) is 28.6 Å². The molecular weight excluding hydrogens is 982 g/mol. The van der Waals surface area contributed by atoms with E-state index in [1.54, 1.807) is 61.0 Å². The Morgan fingerprint density at radius 1 is 0.932 bits per heavy atom. The fourth-order valence-corrected chi connectivity index (χ4v) is 11.1. The van der Waals surface area contributed by atoms with E-state index in [2.05, 4.69) is 60.0 Å². The number of halogens is 1. The number of likely N-dealkylation sites (tertiary alicyclic amines) is 1. The van der Waals surface area contributed by atoms with Crippen LogP contribution in [0.2, 0.25) is 5.02 Å². The second-order valence-corrected chi connectivity index (χ2v) is 23.1. The van der Waals surface area contributed by atoms with Gasteiger partial charge in [0, 0.05) is 53.8 Å². The highest BCUT2D eigenvalue weighted by atomic mass is 35.5. The van der Waals surface area contributed by atoms with Gasteiger partial charge in [-0.05, 0) is 99.9 Å². The van der Waals surface area contributed by atoms with Crippen LogP contribution in [0.15, 0.2) is 72.2 Å². The molecule has 0 spiro atoms. The lowest BCUT2D eigenvalue weighted by Gasteiger charge is -2.63. The molecule has 4 N–H and O–H groups in total. The number of aromatic nitrogens is 1. The first-order chi connectivity index (χ1) is 34.9. The number of thiazole rings is 1. The zero-order chi connectivity index (χ0) is 54.1. The van der Waals surface area contributed by atoms with Crippen molar-refractivity contribution < 1.29 is 42.9 Å². The van der Waals surface area contributed by atoms with Gasteiger partial charge >= 0.3 is 6.16 Å². The third kappa shape index (κ3) is 14.1. The highest BCUT2D eigenvalue weighted by Crippen LogP contribution is 2.55. The number of unbranched alkanes of at least 4 members (excludes halogenated alkanes) is 2. The van der Waals surface area contributed by atoms with Crippen molar-refractivity contribution in [1.29, 1.82) is 5.26 Å². The Balaban J connectivity index is 0.935. The van der Waals surface area contributed by atoms with Gasteiger partial charge < -0.3 is 45.1 Å². The van der Waals surface area contributed by atoms with E-state index in [9.17, 15) is 29.2 Å². The molecule has 1 aliphatic carbocycles. The van der Waals surface area contributed by atoms with Gasteiger partial charge in [-0.2, -0.15) is 5.26 Å². The summed E-state index contributed by atoms with van der Waals surface area (Å²) in [5, 5.41) is 22.1. The lowest BCUT2D eigenvalue weighted by Crippen LogP contribution is -2.74. The fourth-order valence-electron chi connectivity index (χ4n) is 10.1. The first-order valence-corrected chi connectivity index (χ1v) is 26.5. The van der Waals surface area contributed by atoms with E-state index in [1.165, 1.54) is 4.90 Å². The van der Waals surface area contributed by atoms with Gasteiger partial charge in [0.1, 0.15) is 42.7 Å². The van der Waals surface area contributed by atoms with Crippen molar-refractivity contribution >= 4 is 58.4 Å². The summed E-state index contributed by atoms with van der Waals surface area (Å²) in [6, 6.07) is 19.7. The Morgan fingerprint density at radius 2 is 1.62 bits per heavy atom. The van der Waals surface area contributed by atoms with Crippen molar-refractivity contribution in [3.63, 3.8) is 0 Å². The van der Waals surface area contributed by atoms with Crippen LogP contribution in [0.5, 0.6) is 5.75 Å². The van der Waals surface area contributed by atoms with Crippen LogP contribution in [0.25, 0.3) is 10.4 Å². The Hall–Kier alpha value is -6.22. The summed E-state index contributed by atoms with van der Waals surface area (Å²) in [5.41, 5.74) is 4.92. The zero-order valence-corrected chi connectivity index (χ0v) is 46.0. The second kappa shape index (κ2) is 24.4. The molecule has 1 saturated carbocycles. The van der Waals surface area contributed by atoms with Crippen LogP contribution >= 0.6 is 22.9 Å². The summed E-state index contributed by atoms with van der Waals surface area (Å²) in [4.78, 5) is 74.6. The van der Waals surface area contributed by atoms with Crippen molar-refractivity contribution in [3.05, 3.63) is 99.6 Å². The maximum Gasteiger partial charge on any atom is 0.508 e. The van der Waals surface area contributed by atoms with Crippen LogP contribution in [0, 0.1) is 34.5 Å².